The second-order valence-electron chi connectivity index (χ2n) is 9.05. The van der Waals surface area contributed by atoms with Crippen LogP contribution >= 0.6 is 0 Å². The van der Waals surface area contributed by atoms with Crippen molar-refractivity contribution < 1.29 is 24.2 Å². The first kappa shape index (κ1) is 26.3. The van der Waals surface area contributed by atoms with Gasteiger partial charge >= 0.3 is 12.1 Å². The Hall–Kier alpha value is -3.35. The molecule has 35 heavy (non-hydrogen) atoms. The van der Waals surface area contributed by atoms with Crippen molar-refractivity contribution in [1.82, 2.24) is 10.2 Å². The highest BCUT2D eigenvalue weighted by Crippen LogP contribution is 2.44. The highest BCUT2D eigenvalue weighted by molar-refractivity contribution is 5.84. The Kier molecular flexibility index (Phi) is 8.90. The zero-order valence-electron chi connectivity index (χ0n) is 20.9. The van der Waals surface area contributed by atoms with Gasteiger partial charge in [0.15, 0.2) is 0 Å². The number of benzene rings is 2. The van der Waals surface area contributed by atoms with E-state index in [2.05, 4.69) is 29.6 Å². The minimum absolute atomic E-state index is 0.0209. The van der Waals surface area contributed by atoms with E-state index in [1.807, 2.05) is 45.0 Å². The zero-order valence-corrected chi connectivity index (χ0v) is 20.9. The molecule has 188 valence electrons. The number of hydrogen-bond acceptors (Lipinski definition) is 4. The summed E-state index contributed by atoms with van der Waals surface area (Å²) in [6, 6.07) is 16.3. The van der Waals surface area contributed by atoms with Crippen LogP contribution in [0.1, 0.15) is 63.5 Å². The fourth-order valence-corrected chi connectivity index (χ4v) is 4.93. The van der Waals surface area contributed by atoms with Crippen molar-refractivity contribution in [2.24, 2.45) is 5.41 Å². The van der Waals surface area contributed by atoms with Crippen LogP contribution in [0.5, 0.6) is 0 Å². The summed E-state index contributed by atoms with van der Waals surface area (Å²) in [6.45, 7) is 7.02. The zero-order chi connectivity index (χ0) is 25.4. The van der Waals surface area contributed by atoms with E-state index in [0.29, 0.717) is 32.4 Å². The molecule has 0 radical (unpaired) electrons. The van der Waals surface area contributed by atoms with Crippen molar-refractivity contribution in [3.05, 3.63) is 59.7 Å². The number of rotatable bonds is 12. The van der Waals surface area contributed by atoms with Crippen molar-refractivity contribution >= 4 is 18.0 Å². The predicted molar refractivity (Wildman–Crippen MR) is 135 cm³/mol. The second kappa shape index (κ2) is 11.9. The minimum Gasteiger partial charge on any atom is -0.481 e. The summed E-state index contributed by atoms with van der Waals surface area (Å²) >= 11 is 0. The maximum absolute atomic E-state index is 13.4. The van der Waals surface area contributed by atoms with E-state index in [4.69, 9.17) is 9.84 Å². The number of carbonyl (C=O) groups is 3. The Morgan fingerprint density at radius 3 is 2.06 bits per heavy atom. The normalized spacial score (nSPS) is 12.5. The summed E-state index contributed by atoms with van der Waals surface area (Å²) in [7, 11) is 0. The first-order chi connectivity index (χ1) is 16.9. The average molecular weight is 481 g/mol. The fourth-order valence-electron chi connectivity index (χ4n) is 4.93. The summed E-state index contributed by atoms with van der Waals surface area (Å²) in [5.41, 5.74) is 3.87. The van der Waals surface area contributed by atoms with Crippen LogP contribution in [-0.2, 0) is 14.3 Å². The molecule has 2 N–H and O–H groups in total. The van der Waals surface area contributed by atoms with Crippen LogP contribution < -0.4 is 5.32 Å². The first-order valence-corrected chi connectivity index (χ1v) is 12.5. The molecule has 2 aromatic rings. The van der Waals surface area contributed by atoms with E-state index in [0.717, 1.165) is 11.1 Å². The lowest BCUT2D eigenvalue weighted by molar-refractivity contribution is -0.143. The van der Waals surface area contributed by atoms with Crippen molar-refractivity contribution in [3.8, 4) is 11.1 Å². The van der Waals surface area contributed by atoms with Crippen molar-refractivity contribution in [2.45, 2.75) is 52.4 Å². The molecule has 0 fully saturated rings. The number of hydrogen-bond donors (Lipinski definition) is 2. The van der Waals surface area contributed by atoms with Gasteiger partial charge in [-0.2, -0.15) is 0 Å². The summed E-state index contributed by atoms with van der Waals surface area (Å²) in [6.07, 6.45) is 0.994. The number of amides is 2. The Balaban J connectivity index is 1.62. The lowest BCUT2D eigenvalue weighted by atomic mass is 9.80. The van der Waals surface area contributed by atoms with Crippen molar-refractivity contribution in [1.29, 1.82) is 0 Å². The number of carboxylic acid groups (broad SMARTS) is 1. The van der Waals surface area contributed by atoms with Gasteiger partial charge in [-0.05, 0) is 48.4 Å². The van der Waals surface area contributed by atoms with Crippen LogP contribution in [0.25, 0.3) is 11.1 Å². The number of aliphatic carboxylic acids is 1. The molecule has 0 unspecified atom stereocenters. The van der Waals surface area contributed by atoms with Crippen LogP contribution in [0, 0.1) is 5.41 Å². The second-order valence-corrected chi connectivity index (χ2v) is 9.05. The summed E-state index contributed by atoms with van der Waals surface area (Å²) in [4.78, 5) is 38.6. The number of carbonyl (C=O) groups excluding carboxylic acids is 2. The molecule has 2 aromatic carbocycles. The third kappa shape index (κ3) is 5.84. The van der Waals surface area contributed by atoms with Crippen LogP contribution in [0.4, 0.5) is 4.79 Å². The van der Waals surface area contributed by atoms with Gasteiger partial charge in [-0.15, -0.1) is 0 Å². The van der Waals surface area contributed by atoms with E-state index < -0.39 is 17.5 Å². The molecule has 1 aliphatic rings. The predicted octanol–water partition coefficient (Wildman–Crippen LogP) is 5.04. The van der Waals surface area contributed by atoms with Gasteiger partial charge < -0.3 is 20.1 Å². The molecule has 0 aromatic heterocycles. The molecule has 0 heterocycles. The Labute approximate surface area is 207 Å². The highest BCUT2D eigenvalue weighted by Gasteiger charge is 2.38. The van der Waals surface area contributed by atoms with Crippen molar-refractivity contribution in [3.63, 3.8) is 0 Å². The molecule has 3 rings (SSSR count). The number of alkyl carbamates (subject to hydrolysis) is 1. The number of nitrogens with zero attached hydrogens (tertiary/aromatic N) is 1. The van der Waals surface area contributed by atoms with E-state index in [1.54, 1.807) is 4.90 Å². The topological polar surface area (TPSA) is 95.9 Å². The molecule has 0 saturated carbocycles. The largest absolute Gasteiger partial charge is 0.481 e. The average Bonchev–Trinajstić information content (AvgIpc) is 3.19. The quantitative estimate of drug-likeness (QED) is 0.443. The monoisotopic (exact) mass is 480 g/mol. The van der Waals surface area contributed by atoms with Gasteiger partial charge in [-0.25, -0.2) is 4.79 Å². The van der Waals surface area contributed by atoms with E-state index in [-0.39, 0.29) is 31.4 Å². The molecule has 1 aliphatic carbocycles. The Bertz CT molecular complexity index is 1000. The molecule has 7 heteroatoms. The van der Waals surface area contributed by atoms with Crippen LogP contribution in [-0.4, -0.2) is 54.2 Å². The van der Waals surface area contributed by atoms with Crippen LogP contribution in [0.2, 0.25) is 0 Å². The summed E-state index contributed by atoms with van der Waals surface area (Å²) < 4.78 is 5.64. The van der Waals surface area contributed by atoms with Gasteiger partial charge in [0.05, 0.1) is 5.41 Å². The number of carboxylic acids is 1. The molecule has 0 aliphatic heterocycles. The van der Waals surface area contributed by atoms with E-state index >= 15 is 0 Å². The van der Waals surface area contributed by atoms with Gasteiger partial charge in [0.1, 0.15) is 6.61 Å². The van der Waals surface area contributed by atoms with Crippen LogP contribution in [0.3, 0.4) is 0 Å². The lowest BCUT2D eigenvalue weighted by Crippen LogP contribution is -2.50. The fraction of sp³-hybridized carbons (Fsp3) is 0.464. The van der Waals surface area contributed by atoms with Gasteiger partial charge in [-0.1, -0.05) is 62.4 Å². The number of nitrogens with one attached hydrogen (secondary N) is 1. The third-order valence-electron chi connectivity index (χ3n) is 7.21. The molecule has 2 amide bonds. The Morgan fingerprint density at radius 1 is 0.971 bits per heavy atom. The minimum atomic E-state index is -0.873. The van der Waals surface area contributed by atoms with E-state index in [1.165, 1.54) is 11.1 Å². The SMILES string of the molecule is CCN(CCCC(=O)O)C(=O)C(CC)(CC)CNC(=O)OCC1c2ccccc2-c2ccccc21. The smallest absolute Gasteiger partial charge is 0.407 e. The molecule has 7 nitrogen and oxygen atoms in total. The summed E-state index contributed by atoms with van der Waals surface area (Å²) in [5.74, 6) is -0.960. The maximum atomic E-state index is 13.4. The van der Waals surface area contributed by atoms with Crippen molar-refractivity contribution in [2.75, 3.05) is 26.2 Å². The summed E-state index contributed by atoms with van der Waals surface area (Å²) in [5, 5.41) is 11.7. The Morgan fingerprint density at radius 2 is 1.54 bits per heavy atom. The number of fused-ring (bicyclic) bond motifs is 3. The first-order valence-electron chi connectivity index (χ1n) is 12.5. The molecular weight excluding hydrogens is 444 g/mol. The number of ether oxygens (including phenoxy) is 1. The molecular formula is C28H36N2O5. The molecule has 0 spiro atoms. The van der Waals surface area contributed by atoms with Crippen LogP contribution in [0.15, 0.2) is 48.5 Å². The highest BCUT2D eigenvalue weighted by atomic mass is 16.5. The van der Waals surface area contributed by atoms with E-state index in [9.17, 15) is 14.4 Å². The molecule has 0 bridgehead atoms. The van der Waals surface area contributed by atoms with Gasteiger partial charge in [0, 0.05) is 32.0 Å². The van der Waals surface area contributed by atoms with Gasteiger partial charge in [0.25, 0.3) is 0 Å². The molecule has 0 atom stereocenters. The standard InChI is InChI=1S/C28H36N2O5/c1-4-28(5-2,26(33)30(6-3)17-11-16-25(31)32)19-29-27(34)35-18-24-22-14-9-7-12-20(22)21-13-8-10-15-23(21)24/h7-10,12-15,24H,4-6,11,16-19H2,1-3H3,(H,29,34)(H,31,32). The molecule has 0 saturated heterocycles. The van der Waals surface area contributed by atoms with Gasteiger partial charge in [0.2, 0.25) is 5.91 Å². The lowest BCUT2D eigenvalue weighted by Gasteiger charge is -2.35. The third-order valence-corrected chi connectivity index (χ3v) is 7.21. The maximum Gasteiger partial charge on any atom is 0.407 e. The van der Waals surface area contributed by atoms with Gasteiger partial charge in [-0.3, -0.25) is 9.59 Å².